The number of ether oxygens (including phenoxy) is 1. The van der Waals surface area contributed by atoms with Gasteiger partial charge in [-0.2, -0.15) is 0 Å². The number of aryl methyl sites for hydroxylation is 2. The highest BCUT2D eigenvalue weighted by Gasteiger charge is 2.19. The summed E-state index contributed by atoms with van der Waals surface area (Å²) in [5.74, 6) is 0.754. The van der Waals surface area contributed by atoms with E-state index in [-0.39, 0.29) is 5.91 Å². The molecule has 1 heterocycles. The SMILES string of the molecule is CC[C@@H](Oc1ccccc1C)C(=O)NCCCN1CCCc2ccccc21. The van der Waals surface area contributed by atoms with Crippen molar-refractivity contribution >= 4 is 11.6 Å². The molecule has 3 rings (SSSR count). The van der Waals surface area contributed by atoms with Crippen LogP contribution in [0.5, 0.6) is 5.75 Å². The zero-order valence-corrected chi connectivity index (χ0v) is 16.4. The third-order valence-corrected chi connectivity index (χ3v) is 5.14. The monoisotopic (exact) mass is 366 g/mol. The van der Waals surface area contributed by atoms with E-state index in [1.165, 1.54) is 17.7 Å². The third kappa shape index (κ3) is 5.03. The van der Waals surface area contributed by atoms with Gasteiger partial charge >= 0.3 is 0 Å². The molecule has 1 aliphatic heterocycles. The summed E-state index contributed by atoms with van der Waals surface area (Å²) in [6.45, 7) is 6.71. The topological polar surface area (TPSA) is 41.6 Å². The fraction of sp³-hybridized carbons (Fsp3) is 0.435. The highest BCUT2D eigenvalue weighted by Crippen LogP contribution is 2.26. The molecule has 2 aromatic carbocycles. The number of nitrogens with zero attached hydrogens (tertiary/aromatic N) is 1. The molecule has 0 aliphatic carbocycles. The summed E-state index contributed by atoms with van der Waals surface area (Å²) < 4.78 is 5.93. The lowest BCUT2D eigenvalue weighted by Crippen LogP contribution is -2.39. The van der Waals surface area contributed by atoms with Gasteiger partial charge in [-0.25, -0.2) is 0 Å². The van der Waals surface area contributed by atoms with Crippen LogP contribution < -0.4 is 15.0 Å². The van der Waals surface area contributed by atoms with Gasteiger partial charge in [-0.1, -0.05) is 43.3 Å². The Balaban J connectivity index is 1.46. The molecule has 0 spiro atoms. The highest BCUT2D eigenvalue weighted by atomic mass is 16.5. The number of anilines is 1. The summed E-state index contributed by atoms with van der Waals surface area (Å²) in [5.41, 5.74) is 3.84. The Morgan fingerprint density at radius 2 is 1.96 bits per heavy atom. The predicted molar refractivity (Wildman–Crippen MR) is 110 cm³/mol. The Bertz CT molecular complexity index is 760. The molecule has 2 aromatic rings. The Hall–Kier alpha value is -2.49. The Morgan fingerprint density at radius 1 is 1.19 bits per heavy atom. The molecule has 0 bridgehead atoms. The van der Waals surface area contributed by atoms with Gasteiger partial charge in [-0.05, 0) is 55.9 Å². The minimum Gasteiger partial charge on any atom is -0.480 e. The van der Waals surface area contributed by atoms with E-state index in [4.69, 9.17) is 4.74 Å². The van der Waals surface area contributed by atoms with Gasteiger partial charge in [0.25, 0.3) is 5.91 Å². The van der Waals surface area contributed by atoms with Crippen LogP contribution in [0, 0.1) is 6.92 Å². The second-order valence-electron chi connectivity index (χ2n) is 7.14. The van der Waals surface area contributed by atoms with Crippen LogP contribution in [-0.4, -0.2) is 31.6 Å². The van der Waals surface area contributed by atoms with E-state index >= 15 is 0 Å². The quantitative estimate of drug-likeness (QED) is 0.715. The van der Waals surface area contributed by atoms with Crippen molar-refractivity contribution in [2.75, 3.05) is 24.5 Å². The van der Waals surface area contributed by atoms with Crippen molar-refractivity contribution in [2.45, 2.75) is 45.6 Å². The number of hydrogen-bond donors (Lipinski definition) is 1. The Kier molecular flexibility index (Phi) is 6.74. The van der Waals surface area contributed by atoms with E-state index in [2.05, 4.69) is 34.5 Å². The lowest BCUT2D eigenvalue weighted by atomic mass is 10.0. The van der Waals surface area contributed by atoms with Crippen molar-refractivity contribution in [3.05, 3.63) is 59.7 Å². The number of nitrogens with one attached hydrogen (secondary N) is 1. The normalized spacial score (nSPS) is 14.4. The first-order chi connectivity index (χ1) is 13.2. The van der Waals surface area contributed by atoms with Crippen LogP contribution in [0.25, 0.3) is 0 Å². The predicted octanol–water partition coefficient (Wildman–Crippen LogP) is 4.11. The molecule has 1 amide bonds. The standard InChI is InChI=1S/C23H30N2O2/c1-3-21(27-22-14-7-4-10-18(22)2)23(26)24-15-9-17-25-16-8-12-19-11-5-6-13-20(19)25/h4-7,10-11,13-14,21H,3,8-9,12,15-17H2,1-2H3,(H,24,26)/t21-/m1/s1. The van der Waals surface area contributed by atoms with Crippen LogP contribution in [0.1, 0.15) is 37.3 Å². The Labute approximate surface area is 162 Å². The van der Waals surface area contributed by atoms with E-state index in [0.29, 0.717) is 13.0 Å². The van der Waals surface area contributed by atoms with Crippen LogP contribution in [0.4, 0.5) is 5.69 Å². The first-order valence-corrected chi connectivity index (χ1v) is 10.0. The number of fused-ring (bicyclic) bond motifs is 1. The maximum absolute atomic E-state index is 12.5. The summed E-state index contributed by atoms with van der Waals surface area (Å²) in [5, 5.41) is 3.05. The lowest BCUT2D eigenvalue weighted by Gasteiger charge is -2.31. The van der Waals surface area contributed by atoms with Crippen molar-refractivity contribution < 1.29 is 9.53 Å². The first-order valence-electron chi connectivity index (χ1n) is 10.0. The minimum absolute atomic E-state index is 0.0280. The summed E-state index contributed by atoms with van der Waals surface area (Å²) >= 11 is 0. The summed E-state index contributed by atoms with van der Waals surface area (Å²) in [4.78, 5) is 14.9. The number of para-hydroxylation sites is 2. The zero-order valence-electron chi connectivity index (χ0n) is 16.4. The zero-order chi connectivity index (χ0) is 19.1. The summed E-state index contributed by atoms with van der Waals surface area (Å²) in [7, 11) is 0. The van der Waals surface area contributed by atoms with Crippen molar-refractivity contribution in [1.29, 1.82) is 0 Å². The number of hydrogen-bond acceptors (Lipinski definition) is 3. The van der Waals surface area contributed by atoms with Gasteiger partial charge in [0, 0.05) is 25.3 Å². The fourth-order valence-electron chi connectivity index (χ4n) is 3.60. The smallest absolute Gasteiger partial charge is 0.261 e. The van der Waals surface area contributed by atoms with E-state index < -0.39 is 6.10 Å². The second-order valence-corrected chi connectivity index (χ2v) is 7.14. The van der Waals surface area contributed by atoms with Gasteiger partial charge in [0.05, 0.1) is 0 Å². The van der Waals surface area contributed by atoms with Crippen LogP contribution >= 0.6 is 0 Å². The molecule has 0 unspecified atom stereocenters. The van der Waals surface area contributed by atoms with Crippen molar-refractivity contribution in [3.63, 3.8) is 0 Å². The molecule has 4 nitrogen and oxygen atoms in total. The van der Waals surface area contributed by atoms with Gasteiger partial charge in [-0.3, -0.25) is 4.79 Å². The van der Waals surface area contributed by atoms with Crippen LogP contribution in [0.2, 0.25) is 0 Å². The number of amides is 1. The molecular formula is C23H30N2O2. The van der Waals surface area contributed by atoms with E-state index in [9.17, 15) is 4.79 Å². The van der Waals surface area contributed by atoms with Crippen LogP contribution in [0.3, 0.4) is 0 Å². The van der Waals surface area contributed by atoms with E-state index in [1.807, 2.05) is 38.1 Å². The van der Waals surface area contributed by atoms with Gasteiger partial charge in [0.2, 0.25) is 0 Å². The molecule has 1 aliphatic rings. The van der Waals surface area contributed by atoms with Crippen molar-refractivity contribution in [1.82, 2.24) is 5.32 Å². The molecule has 27 heavy (non-hydrogen) atoms. The number of benzene rings is 2. The maximum Gasteiger partial charge on any atom is 0.261 e. The molecule has 144 valence electrons. The van der Waals surface area contributed by atoms with Crippen LogP contribution in [-0.2, 0) is 11.2 Å². The molecule has 0 radical (unpaired) electrons. The van der Waals surface area contributed by atoms with Crippen molar-refractivity contribution in [2.24, 2.45) is 0 Å². The molecule has 0 saturated carbocycles. The number of carbonyl (C=O) groups is 1. The van der Waals surface area contributed by atoms with Gasteiger partial charge < -0.3 is 15.0 Å². The van der Waals surface area contributed by atoms with Gasteiger partial charge in [0.15, 0.2) is 6.10 Å². The summed E-state index contributed by atoms with van der Waals surface area (Å²) in [6.07, 6.45) is 3.51. The minimum atomic E-state index is -0.443. The molecule has 1 N–H and O–H groups in total. The average molecular weight is 367 g/mol. The second kappa shape index (κ2) is 9.45. The molecule has 0 aromatic heterocycles. The number of carbonyl (C=O) groups excluding carboxylic acids is 1. The fourth-order valence-corrected chi connectivity index (χ4v) is 3.60. The average Bonchev–Trinajstić information content (AvgIpc) is 2.70. The first kappa shape index (κ1) is 19.3. The van der Waals surface area contributed by atoms with Gasteiger partial charge in [-0.15, -0.1) is 0 Å². The molecular weight excluding hydrogens is 336 g/mol. The maximum atomic E-state index is 12.5. The number of rotatable bonds is 8. The molecule has 0 saturated heterocycles. The van der Waals surface area contributed by atoms with Crippen molar-refractivity contribution in [3.8, 4) is 5.75 Å². The largest absolute Gasteiger partial charge is 0.480 e. The van der Waals surface area contributed by atoms with E-state index in [0.717, 1.165) is 37.2 Å². The highest BCUT2D eigenvalue weighted by molar-refractivity contribution is 5.81. The third-order valence-electron chi connectivity index (χ3n) is 5.14. The van der Waals surface area contributed by atoms with Gasteiger partial charge in [0.1, 0.15) is 5.75 Å². The van der Waals surface area contributed by atoms with Crippen LogP contribution in [0.15, 0.2) is 48.5 Å². The Morgan fingerprint density at radius 3 is 2.78 bits per heavy atom. The molecule has 4 heteroatoms. The lowest BCUT2D eigenvalue weighted by molar-refractivity contribution is -0.128. The molecule has 1 atom stereocenters. The summed E-state index contributed by atoms with van der Waals surface area (Å²) in [6, 6.07) is 16.5. The van der Waals surface area contributed by atoms with E-state index in [1.54, 1.807) is 0 Å². The molecule has 0 fully saturated rings.